The Morgan fingerprint density at radius 1 is 0.763 bits per heavy atom. The van der Waals surface area contributed by atoms with Gasteiger partial charge in [-0.25, -0.2) is 0 Å². The molecule has 0 bridgehead atoms. The van der Waals surface area contributed by atoms with Gasteiger partial charge >= 0.3 is 0 Å². The number of likely N-dealkylation sites (tertiary alicyclic amines) is 1. The van der Waals surface area contributed by atoms with E-state index >= 15 is 0 Å². The lowest BCUT2D eigenvalue weighted by molar-refractivity contribution is -0.0442. The van der Waals surface area contributed by atoms with E-state index in [-0.39, 0.29) is 18.8 Å². The fourth-order valence-corrected chi connectivity index (χ4v) is 5.12. The minimum absolute atomic E-state index is 0.0101. The minimum Gasteiger partial charge on any atom is -0.494 e. The molecule has 1 saturated heterocycles. The van der Waals surface area contributed by atoms with Crippen molar-refractivity contribution in [2.75, 3.05) is 33.0 Å². The monoisotopic (exact) mass is 511 g/mol. The van der Waals surface area contributed by atoms with Gasteiger partial charge in [0.25, 0.3) is 0 Å². The molecule has 5 heteroatoms. The van der Waals surface area contributed by atoms with Crippen LogP contribution in [0, 0.1) is 0 Å². The number of nitrogens with zero attached hydrogens (tertiary/aromatic N) is 1. The second-order valence-corrected chi connectivity index (χ2v) is 9.95. The van der Waals surface area contributed by atoms with Gasteiger partial charge in [-0.3, -0.25) is 4.90 Å². The van der Waals surface area contributed by atoms with E-state index in [0.29, 0.717) is 26.4 Å². The number of hydrogen-bond donors (Lipinski definition) is 1. The second kappa shape index (κ2) is 13.5. The predicted molar refractivity (Wildman–Crippen MR) is 151 cm³/mol. The van der Waals surface area contributed by atoms with Crippen molar-refractivity contribution in [3.05, 3.63) is 114 Å². The molecule has 4 aromatic rings. The third-order valence-corrected chi connectivity index (χ3v) is 7.24. The maximum atomic E-state index is 9.74. The van der Waals surface area contributed by atoms with Gasteiger partial charge in [0.15, 0.2) is 0 Å². The maximum absolute atomic E-state index is 9.74. The summed E-state index contributed by atoms with van der Waals surface area (Å²) in [6.45, 7) is 4.12. The summed E-state index contributed by atoms with van der Waals surface area (Å²) in [5, 5.41) is 12.2. The van der Waals surface area contributed by atoms with Gasteiger partial charge in [0.2, 0.25) is 0 Å². The average Bonchev–Trinajstić information content (AvgIpc) is 2.98. The van der Waals surface area contributed by atoms with E-state index in [0.717, 1.165) is 31.7 Å². The Bertz CT molecular complexity index is 1260. The Hall–Kier alpha value is -3.22. The molecule has 5 rings (SSSR count). The lowest BCUT2D eigenvalue weighted by Gasteiger charge is -2.37. The SMILES string of the molecule is OCN1CCC(c2ccc(OCCCOCc3ccccc3)cc2)C(OCc2ccc3ccccc3c2)C1. The summed E-state index contributed by atoms with van der Waals surface area (Å²) in [7, 11) is 0. The molecule has 5 nitrogen and oxygen atoms in total. The Morgan fingerprint density at radius 2 is 1.55 bits per heavy atom. The molecule has 0 aliphatic carbocycles. The van der Waals surface area contributed by atoms with E-state index < -0.39 is 0 Å². The van der Waals surface area contributed by atoms with E-state index in [4.69, 9.17) is 14.2 Å². The molecule has 4 aromatic carbocycles. The highest BCUT2D eigenvalue weighted by molar-refractivity contribution is 5.82. The largest absolute Gasteiger partial charge is 0.494 e. The number of piperidine rings is 1. The number of ether oxygens (including phenoxy) is 3. The number of rotatable bonds is 12. The Balaban J connectivity index is 1.12. The van der Waals surface area contributed by atoms with Crippen LogP contribution in [0.15, 0.2) is 97.1 Å². The topological polar surface area (TPSA) is 51.2 Å². The van der Waals surface area contributed by atoms with Crippen LogP contribution >= 0.6 is 0 Å². The van der Waals surface area contributed by atoms with Crippen molar-refractivity contribution in [1.82, 2.24) is 4.90 Å². The van der Waals surface area contributed by atoms with Gasteiger partial charge < -0.3 is 19.3 Å². The van der Waals surface area contributed by atoms with E-state index in [1.165, 1.54) is 27.5 Å². The molecule has 1 heterocycles. The third kappa shape index (κ3) is 7.21. The van der Waals surface area contributed by atoms with Gasteiger partial charge in [-0.15, -0.1) is 0 Å². The molecule has 0 spiro atoms. The fourth-order valence-electron chi connectivity index (χ4n) is 5.12. The quantitative estimate of drug-likeness (QED) is 0.231. The summed E-state index contributed by atoms with van der Waals surface area (Å²) in [4.78, 5) is 2.05. The van der Waals surface area contributed by atoms with Gasteiger partial charge in [0.1, 0.15) is 5.75 Å². The van der Waals surface area contributed by atoms with Gasteiger partial charge in [0.05, 0.1) is 39.3 Å². The Kier molecular flexibility index (Phi) is 9.40. The van der Waals surface area contributed by atoms with Crippen molar-refractivity contribution in [2.24, 2.45) is 0 Å². The van der Waals surface area contributed by atoms with Gasteiger partial charge in [-0.2, -0.15) is 0 Å². The zero-order valence-corrected chi connectivity index (χ0v) is 21.9. The van der Waals surface area contributed by atoms with Crippen molar-refractivity contribution in [1.29, 1.82) is 0 Å². The standard InChI is InChI=1S/C33H37NO4/c35-25-34-18-17-32(33(22-34)38-24-27-11-12-28-9-4-5-10-30(28)21-27)29-13-15-31(16-14-29)37-20-6-19-36-23-26-7-2-1-3-8-26/h1-5,7-16,21,32-33,35H,6,17-20,22-25H2. The first-order chi connectivity index (χ1) is 18.8. The summed E-state index contributed by atoms with van der Waals surface area (Å²) >= 11 is 0. The lowest BCUT2D eigenvalue weighted by atomic mass is 9.87. The molecule has 1 fully saturated rings. The first-order valence-corrected chi connectivity index (χ1v) is 13.6. The van der Waals surface area contributed by atoms with Crippen LogP contribution in [0.5, 0.6) is 5.75 Å². The maximum Gasteiger partial charge on any atom is 0.119 e. The summed E-state index contributed by atoms with van der Waals surface area (Å²) in [5.41, 5.74) is 3.61. The van der Waals surface area contributed by atoms with E-state index in [1.807, 2.05) is 18.2 Å². The summed E-state index contributed by atoms with van der Waals surface area (Å²) in [6, 6.07) is 33.5. The van der Waals surface area contributed by atoms with Crippen molar-refractivity contribution in [3.63, 3.8) is 0 Å². The molecule has 2 unspecified atom stereocenters. The normalized spacial score (nSPS) is 18.0. The van der Waals surface area contributed by atoms with Gasteiger partial charge in [0, 0.05) is 25.4 Å². The van der Waals surface area contributed by atoms with Crippen LogP contribution < -0.4 is 4.74 Å². The molecule has 0 amide bonds. The lowest BCUT2D eigenvalue weighted by Crippen LogP contribution is -2.44. The smallest absolute Gasteiger partial charge is 0.119 e. The van der Waals surface area contributed by atoms with Crippen LogP contribution in [0.1, 0.15) is 35.4 Å². The summed E-state index contributed by atoms with van der Waals surface area (Å²) in [6.07, 6.45) is 1.80. The van der Waals surface area contributed by atoms with E-state index in [2.05, 4.69) is 83.8 Å². The van der Waals surface area contributed by atoms with E-state index in [9.17, 15) is 5.11 Å². The molecule has 1 N–H and O–H groups in total. The highest BCUT2D eigenvalue weighted by atomic mass is 16.5. The molecule has 198 valence electrons. The number of aliphatic hydroxyl groups excluding tert-OH is 1. The highest BCUT2D eigenvalue weighted by Crippen LogP contribution is 2.32. The zero-order chi connectivity index (χ0) is 26.0. The van der Waals surface area contributed by atoms with Crippen LogP contribution in [0.3, 0.4) is 0 Å². The van der Waals surface area contributed by atoms with Crippen molar-refractivity contribution < 1.29 is 19.3 Å². The van der Waals surface area contributed by atoms with Crippen molar-refractivity contribution in [2.45, 2.75) is 38.1 Å². The fraction of sp³-hybridized carbons (Fsp3) is 0.333. The molecule has 0 aromatic heterocycles. The Morgan fingerprint density at radius 3 is 2.37 bits per heavy atom. The summed E-state index contributed by atoms with van der Waals surface area (Å²) < 4.78 is 18.2. The Labute approximate surface area is 225 Å². The van der Waals surface area contributed by atoms with Gasteiger partial charge in [-0.1, -0.05) is 78.9 Å². The molecular formula is C33H37NO4. The van der Waals surface area contributed by atoms with Gasteiger partial charge in [-0.05, 0) is 52.1 Å². The van der Waals surface area contributed by atoms with Crippen LogP contribution in [0.4, 0.5) is 0 Å². The second-order valence-electron chi connectivity index (χ2n) is 9.95. The minimum atomic E-state index is 0.0101. The first kappa shape index (κ1) is 26.4. The summed E-state index contributed by atoms with van der Waals surface area (Å²) in [5.74, 6) is 1.15. The third-order valence-electron chi connectivity index (χ3n) is 7.24. The first-order valence-electron chi connectivity index (χ1n) is 13.6. The molecule has 2 atom stereocenters. The molecule has 0 saturated carbocycles. The van der Waals surface area contributed by atoms with Crippen molar-refractivity contribution in [3.8, 4) is 5.75 Å². The zero-order valence-electron chi connectivity index (χ0n) is 21.9. The van der Waals surface area contributed by atoms with Crippen molar-refractivity contribution >= 4 is 10.8 Å². The molecule has 1 aliphatic rings. The number of hydrogen-bond acceptors (Lipinski definition) is 5. The van der Waals surface area contributed by atoms with Crippen LogP contribution in [0.25, 0.3) is 10.8 Å². The number of aliphatic hydroxyl groups is 1. The predicted octanol–water partition coefficient (Wildman–Crippen LogP) is 6.15. The van der Waals surface area contributed by atoms with Crippen LogP contribution in [-0.2, 0) is 22.7 Å². The van der Waals surface area contributed by atoms with Crippen LogP contribution in [0.2, 0.25) is 0 Å². The highest BCUT2D eigenvalue weighted by Gasteiger charge is 2.31. The molecule has 38 heavy (non-hydrogen) atoms. The number of fused-ring (bicyclic) bond motifs is 1. The van der Waals surface area contributed by atoms with E-state index in [1.54, 1.807) is 0 Å². The van der Waals surface area contributed by atoms with Crippen LogP contribution in [-0.4, -0.2) is 49.1 Å². The average molecular weight is 512 g/mol. The number of benzene rings is 4. The molecule has 1 aliphatic heterocycles. The molecular weight excluding hydrogens is 474 g/mol. The molecule has 0 radical (unpaired) electrons.